The van der Waals surface area contributed by atoms with E-state index in [4.69, 9.17) is 5.11 Å². The maximum absolute atomic E-state index is 12.0. The molecule has 0 saturated carbocycles. The molecule has 1 aromatic rings. The van der Waals surface area contributed by atoms with Crippen molar-refractivity contribution in [3.8, 4) is 0 Å². The lowest BCUT2D eigenvalue weighted by molar-refractivity contribution is 0.0697. The third-order valence-electron chi connectivity index (χ3n) is 2.59. The molecule has 0 aromatic heterocycles. The van der Waals surface area contributed by atoms with Gasteiger partial charge in [0.2, 0.25) is 0 Å². The molecule has 0 heterocycles. The molecule has 6 heteroatoms. The number of hydrogen-bond donors (Lipinski definition) is 2. The highest BCUT2D eigenvalue weighted by Crippen LogP contribution is 2.19. The van der Waals surface area contributed by atoms with Gasteiger partial charge in [-0.2, -0.15) is 11.8 Å². The molecule has 1 aromatic carbocycles. The Labute approximate surface area is 117 Å². The highest BCUT2D eigenvalue weighted by atomic mass is 32.2. The fourth-order valence-corrected chi connectivity index (χ4v) is 2.24. The molecule has 0 aliphatic heterocycles. The third kappa shape index (κ3) is 4.17. The molecule has 1 unspecified atom stereocenters. The number of rotatable bonds is 5. The summed E-state index contributed by atoms with van der Waals surface area (Å²) in [6.45, 7) is 1.91. The number of thioether (sulfide) groups is 1. The van der Waals surface area contributed by atoms with Gasteiger partial charge in [0.05, 0.1) is 11.3 Å². The van der Waals surface area contributed by atoms with E-state index in [2.05, 4.69) is 5.32 Å². The van der Waals surface area contributed by atoms with Gasteiger partial charge in [-0.1, -0.05) is 12.1 Å². The van der Waals surface area contributed by atoms with Crippen LogP contribution < -0.4 is 10.2 Å². The molecule has 0 bridgehead atoms. The topological polar surface area (TPSA) is 69.6 Å². The number of aromatic carboxylic acids is 1. The average molecular weight is 282 g/mol. The number of nitrogens with one attached hydrogen (secondary N) is 1. The smallest absolute Gasteiger partial charge is 0.337 e. The lowest BCUT2D eigenvalue weighted by Crippen LogP contribution is -2.43. The average Bonchev–Trinajstić information content (AvgIpc) is 2.37. The molecule has 5 nitrogen and oxygen atoms in total. The van der Waals surface area contributed by atoms with E-state index in [1.807, 2.05) is 13.2 Å². The minimum absolute atomic E-state index is 0.0296. The second kappa shape index (κ2) is 7.04. The number of anilines is 1. The van der Waals surface area contributed by atoms with E-state index < -0.39 is 5.97 Å². The van der Waals surface area contributed by atoms with Crippen molar-refractivity contribution < 1.29 is 14.7 Å². The van der Waals surface area contributed by atoms with Crippen LogP contribution in [0.15, 0.2) is 24.3 Å². The summed E-state index contributed by atoms with van der Waals surface area (Å²) in [7, 11) is 1.56. The highest BCUT2D eigenvalue weighted by Gasteiger charge is 2.18. The van der Waals surface area contributed by atoms with E-state index in [-0.39, 0.29) is 17.6 Å². The molecule has 1 atom stereocenters. The summed E-state index contributed by atoms with van der Waals surface area (Å²) in [5, 5.41) is 11.9. The van der Waals surface area contributed by atoms with Gasteiger partial charge in [0.15, 0.2) is 0 Å². The van der Waals surface area contributed by atoms with Gasteiger partial charge in [0, 0.05) is 18.8 Å². The van der Waals surface area contributed by atoms with Crippen molar-refractivity contribution in [1.82, 2.24) is 5.32 Å². The monoisotopic (exact) mass is 282 g/mol. The molecule has 0 spiro atoms. The Morgan fingerprint density at radius 2 is 2.05 bits per heavy atom. The Kier molecular flexibility index (Phi) is 5.69. The second-order valence-electron chi connectivity index (χ2n) is 4.19. The maximum Gasteiger partial charge on any atom is 0.337 e. The van der Waals surface area contributed by atoms with Crippen molar-refractivity contribution in [1.29, 1.82) is 0 Å². The number of carboxylic acid groups (broad SMARTS) is 1. The third-order valence-corrected chi connectivity index (χ3v) is 3.42. The highest BCUT2D eigenvalue weighted by molar-refractivity contribution is 7.98. The lowest BCUT2D eigenvalue weighted by atomic mass is 10.1. The first-order valence-electron chi connectivity index (χ1n) is 5.82. The summed E-state index contributed by atoms with van der Waals surface area (Å²) in [6.07, 6.45) is 1.96. The molecule has 104 valence electrons. The maximum atomic E-state index is 12.0. The largest absolute Gasteiger partial charge is 0.478 e. The van der Waals surface area contributed by atoms with Gasteiger partial charge in [-0.05, 0) is 25.3 Å². The second-order valence-corrected chi connectivity index (χ2v) is 5.10. The van der Waals surface area contributed by atoms with Gasteiger partial charge < -0.3 is 10.4 Å². The normalized spacial score (nSPS) is 11.7. The molecule has 0 aliphatic carbocycles. The van der Waals surface area contributed by atoms with E-state index in [1.165, 1.54) is 11.0 Å². The summed E-state index contributed by atoms with van der Waals surface area (Å²) >= 11 is 1.64. The van der Waals surface area contributed by atoms with Crippen LogP contribution in [0.2, 0.25) is 0 Å². The first-order chi connectivity index (χ1) is 8.97. The Morgan fingerprint density at radius 3 is 2.63 bits per heavy atom. The number of amides is 2. The number of carbonyl (C=O) groups excluding carboxylic acids is 1. The van der Waals surface area contributed by atoms with E-state index in [0.29, 0.717) is 5.69 Å². The summed E-state index contributed by atoms with van der Waals surface area (Å²) in [5.41, 5.74) is 0.488. The van der Waals surface area contributed by atoms with E-state index >= 15 is 0 Å². The zero-order valence-electron chi connectivity index (χ0n) is 11.2. The molecule has 0 saturated heterocycles. The lowest BCUT2D eigenvalue weighted by Gasteiger charge is -2.22. The van der Waals surface area contributed by atoms with Crippen molar-refractivity contribution in [2.45, 2.75) is 13.0 Å². The van der Waals surface area contributed by atoms with Crippen molar-refractivity contribution in [3.05, 3.63) is 29.8 Å². The molecule has 2 N–H and O–H groups in total. The molecular formula is C13H18N2O3S. The van der Waals surface area contributed by atoms with Gasteiger partial charge in [-0.15, -0.1) is 0 Å². The number of urea groups is 1. The molecule has 0 fully saturated rings. The molecule has 2 amide bonds. The molecule has 19 heavy (non-hydrogen) atoms. The van der Waals surface area contributed by atoms with Crippen LogP contribution in [0.25, 0.3) is 0 Å². The number of hydrogen-bond acceptors (Lipinski definition) is 3. The first kappa shape index (κ1) is 15.4. The molecular weight excluding hydrogens is 264 g/mol. The predicted octanol–water partition coefficient (Wildman–Crippen LogP) is 2.28. The predicted molar refractivity (Wildman–Crippen MR) is 78.2 cm³/mol. The zero-order valence-corrected chi connectivity index (χ0v) is 12.0. The van der Waals surface area contributed by atoms with Crippen LogP contribution in [0.4, 0.5) is 10.5 Å². The number of benzene rings is 1. The van der Waals surface area contributed by atoms with Gasteiger partial charge in [0.1, 0.15) is 0 Å². The van der Waals surface area contributed by atoms with Crippen molar-refractivity contribution >= 4 is 29.4 Å². The summed E-state index contributed by atoms with van der Waals surface area (Å²) < 4.78 is 0. The van der Waals surface area contributed by atoms with Gasteiger partial charge in [-0.25, -0.2) is 9.59 Å². The van der Waals surface area contributed by atoms with Gasteiger partial charge >= 0.3 is 12.0 Å². The van der Waals surface area contributed by atoms with Crippen LogP contribution in [-0.2, 0) is 0 Å². The number of nitrogens with zero attached hydrogens (tertiary/aromatic N) is 1. The summed E-state index contributed by atoms with van der Waals surface area (Å²) in [5.74, 6) is -0.243. The first-order valence-corrected chi connectivity index (χ1v) is 7.22. The van der Waals surface area contributed by atoms with Gasteiger partial charge in [0.25, 0.3) is 0 Å². The Hall–Kier alpha value is -1.69. The fraction of sp³-hybridized carbons (Fsp3) is 0.385. The van der Waals surface area contributed by atoms with Crippen LogP contribution in [-0.4, -0.2) is 42.2 Å². The van der Waals surface area contributed by atoms with Crippen LogP contribution in [0.3, 0.4) is 0 Å². The Balaban J connectivity index is 2.85. The van der Waals surface area contributed by atoms with Crippen LogP contribution in [0, 0.1) is 0 Å². The zero-order chi connectivity index (χ0) is 14.4. The molecule has 0 aliphatic rings. The van der Waals surface area contributed by atoms with Crippen LogP contribution in [0.1, 0.15) is 17.3 Å². The van der Waals surface area contributed by atoms with Crippen molar-refractivity contribution in [3.63, 3.8) is 0 Å². The Bertz CT molecular complexity index is 465. The van der Waals surface area contributed by atoms with E-state index in [1.54, 1.807) is 37.0 Å². The van der Waals surface area contributed by atoms with Crippen molar-refractivity contribution in [2.24, 2.45) is 0 Å². The molecule has 0 radical (unpaired) electrons. The van der Waals surface area contributed by atoms with E-state index in [0.717, 1.165) is 5.75 Å². The number of para-hydroxylation sites is 1. The number of carboxylic acids is 1. The SMILES string of the molecule is CSCC(C)NC(=O)N(C)c1ccccc1C(=O)O. The fourth-order valence-electron chi connectivity index (χ4n) is 1.66. The standard InChI is InChI=1S/C13H18N2O3S/c1-9(8-19-3)14-13(18)15(2)11-7-5-4-6-10(11)12(16)17/h4-7,9H,8H2,1-3H3,(H,14,18)(H,16,17). The molecule has 1 rings (SSSR count). The minimum atomic E-state index is -1.05. The van der Waals surface area contributed by atoms with Gasteiger partial charge in [-0.3, -0.25) is 4.90 Å². The summed E-state index contributed by atoms with van der Waals surface area (Å²) in [6, 6.07) is 6.15. The van der Waals surface area contributed by atoms with E-state index in [9.17, 15) is 9.59 Å². The summed E-state index contributed by atoms with van der Waals surface area (Å²) in [4.78, 5) is 24.4. The van der Waals surface area contributed by atoms with Crippen LogP contribution >= 0.6 is 11.8 Å². The minimum Gasteiger partial charge on any atom is -0.478 e. The quantitative estimate of drug-likeness (QED) is 0.869. The van der Waals surface area contributed by atoms with Crippen molar-refractivity contribution in [2.75, 3.05) is 24.0 Å². The Morgan fingerprint density at radius 1 is 1.42 bits per heavy atom. The number of carbonyl (C=O) groups is 2. The van der Waals surface area contributed by atoms with Crippen LogP contribution in [0.5, 0.6) is 0 Å².